The van der Waals surface area contributed by atoms with Crippen molar-refractivity contribution in [3.63, 3.8) is 0 Å². The van der Waals surface area contributed by atoms with Crippen molar-refractivity contribution >= 4 is 0 Å². The molecule has 1 aliphatic rings. The first-order valence-corrected chi connectivity index (χ1v) is 2.05. The van der Waals surface area contributed by atoms with E-state index in [-0.39, 0.29) is 0 Å². The summed E-state index contributed by atoms with van der Waals surface area (Å²) in [5, 5.41) is 3.05. The van der Waals surface area contributed by atoms with Crippen molar-refractivity contribution in [2.75, 3.05) is 13.1 Å². The van der Waals surface area contributed by atoms with Gasteiger partial charge in [-0.1, -0.05) is 6.08 Å². The molecule has 1 aliphatic heterocycles. The minimum absolute atomic E-state index is 0.875. The van der Waals surface area contributed by atoms with Gasteiger partial charge in [-0.15, -0.1) is 0 Å². The van der Waals surface area contributed by atoms with Gasteiger partial charge in [-0.3, -0.25) is 0 Å². The summed E-state index contributed by atoms with van der Waals surface area (Å²) >= 11 is 0. The Bertz CT molecular complexity index is 75.6. The van der Waals surface area contributed by atoms with E-state index in [4.69, 9.17) is 5.73 Å². The van der Waals surface area contributed by atoms with Crippen LogP contribution in [0.4, 0.5) is 0 Å². The van der Waals surface area contributed by atoms with Gasteiger partial charge in [-0.05, 0) is 0 Å². The Kier molecular flexibility index (Phi) is 0.801. The Morgan fingerprint density at radius 1 is 1.83 bits per heavy atom. The number of hydrogen-bond acceptors (Lipinski definition) is 2. The van der Waals surface area contributed by atoms with Gasteiger partial charge in [0.05, 0.1) is 0 Å². The van der Waals surface area contributed by atoms with Gasteiger partial charge < -0.3 is 11.1 Å². The Balaban J connectivity index is 2.45. The second-order valence-electron chi connectivity index (χ2n) is 1.41. The van der Waals surface area contributed by atoms with Crippen molar-refractivity contribution in [3.05, 3.63) is 11.8 Å². The Hall–Kier alpha value is -0.500. The third-order valence-electron chi connectivity index (χ3n) is 0.838. The first-order valence-electron chi connectivity index (χ1n) is 2.05. The van der Waals surface area contributed by atoms with Crippen LogP contribution in [0.15, 0.2) is 11.8 Å². The highest BCUT2D eigenvalue weighted by Crippen LogP contribution is 1.85. The Morgan fingerprint density at radius 2 is 2.67 bits per heavy atom. The first-order chi connectivity index (χ1) is 2.89. The van der Waals surface area contributed by atoms with Crippen LogP contribution in [-0.2, 0) is 0 Å². The molecule has 3 N–H and O–H groups in total. The minimum atomic E-state index is 0.875. The lowest BCUT2D eigenvalue weighted by Gasteiger charge is -1.84. The lowest BCUT2D eigenvalue weighted by molar-refractivity contribution is 0.870. The van der Waals surface area contributed by atoms with Crippen LogP contribution in [0.3, 0.4) is 0 Å². The molecule has 2 heteroatoms. The van der Waals surface area contributed by atoms with Gasteiger partial charge in [-0.2, -0.15) is 0 Å². The topological polar surface area (TPSA) is 38.0 Å². The van der Waals surface area contributed by atoms with E-state index in [0.717, 1.165) is 18.8 Å². The molecule has 0 radical (unpaired) electrons. The molecule has 0 aromatic rings. The molecule has 1 heterocycles. The van der Waals surface area contributed by atoms with Crippen LogP contribution >= 0.6 is 0 Å². The Labute approximate surface area is 37.0 Å². The summed E-state index contributed by atoms with van der Waals surface area (Å²) in [6, 6.07) is 0. The molecular formula is C4H8N2. The molecule has 34 valence electrons. The van der Waals surface area contributed by atoms with Gasteiger partial charge >= 0.3 is 0 Å². The minimum Gasteiger partial charge on any atom is -0.401 e. The highest BCUT2D eigenvalue weighted by Gasteiger charge is 1.93. The molecule has 0 aliphatic carbocycles. The third kappa shape index (κ3) is 0.518. The molecule has 0 atom stereocenters. The van der Waals surface area contributed by atoms with E-state index in [0.29, 0.717) is 0 Å². The van der Waals surface area contributed by atoms with E-state index in [1.807, 2.05) is 6.08 Å². The lowest BCUT2D eigenvalue weighted by atomic mass is 10.5. The molecule has 0 amide bonds. The van der Waals surface area contributed by atoms with Crippen molar-refractivity contribution in [2.24, 2.45) is 5.73 Å². The zero-order valence-electron chi connectivity index (χ0n) is 3.57. The molecule has 0 bridgehead atoms. The van der Waals surface area contributed by atoms with Crippen LogP contribution < -0.4 is 11.1 Å². The molecule has 2 nitrogen and oxygen atoms in total. The second-order valence-corrected chi connectivity index (χ2v) is 1.41. The van der Waals surface area contributed by atoms with Crippen molar-refractivity contribution in [1.82, 2.24) is 5.32 Å². The summed E-state index contributed by atoms with van der Waals surface area (Å²) in [5.41, 5.74) is 6.30. The predicted octanol–water partition coefficient (Wildman–Crippen LogP) is -0.568. The van der Waals surface area contributed by atoms with Crippen LogP contribution in [-0.4, -0.2) is 13.1 Å². The number of rotatable bonds is 0. The summed E-state index contributed by atoms with van der Waals surface area (Å²) < 4.78 is 0. The van der Waals surface area contributed by atoms with Crippen molar-refractivity contribution in [2.45, 2.75) is 0 Å². The first kappa shape index (κ1) is 3.68. The molecule has 0 fully saturated rings. The van der Waals surface area contributed by atoms with E-state index in [9.17, 15) is 0 Å². The van der Waals surface area contributed by atoms with Crippen LogP contribution in [0.5, 0.6) is 0 Å². The maximum absolute atomic E-state index is 5.33. The molecule has 6 heavy (non-hydrogen) atoms. The molecule has 0 spiro atoms. The van der Waals surface area contributed by atoms with Gasteiger partial charge in [0.1, 0.15) is 0 Å². The molecule has 0 aromatic heterocycles. The zero-order valence-corrected chi connectivity index (χ0v) is 3.57. The SMILES string of the molecule is NC1=CCNC1. The Morgan fingerprint density at radius 3 is 2.83 bits per heavy atom. The van der Waals surface area contributed by atoms with E-state index in [1.165, 1.54) is 0 Å². The second kappa shape index (κ2) is 1.30. The summed E-state index contributed by atoms with van der Waals surface area (Å²) in [5.74, 6) is 0. The van der Waals surface area contributed by atoms with Gasteiger partial charge in [0.15, 0.2) is 0 Å². The van der Waals surface area contributed by atoms with Crippen molar-refractivity contribution in [3.8, 4) is 0 Å². The predicted molar refractivity (Wildman–Crippen MR) is 25.1 cm³/mol. The number of nitrogens with two attached hydrogens (primary N) is 1. The highest BCUT2D eigenvalue weighted by molar-refractivity contribution is 5.05. The van der Waals surface area contributed by atoms with Gasteiger partial charge in [0.2, 0.25) is 0 Å². The maximum Gasteiger partial charge on any atom is 0.0351 e. The molecule has 1 rings (SSSR count). The van der Waals surface area contributed by atoms with E-state index in [1.54, 1.807) is 0 Å². The summed E-state index contributed by atoms with van der Waals surface area (Å²) in [4.78, 5) is 0. The van der Waals surface area contributed by atoms with Gasteiger partial charge in [-0.25, -0.2) is 0 Å². The average Bonchev–Trinajstić information content (AvgIpc) is 1.86. The monoisotopic (exact) mass is 84.1 g/mol. The van der Waals surface area contributed by atoms with Crippen LogP contribution in [0, 0.1) is 0 Å². The summed E-state index contributed by atoms with van der Waals surface area (Å²) in [6.07, 6.45) is 1.99. The average molecular weight is 84.1 g/mol. The van der Waals surface area contributed by atoms with Gasteiger partial charge in [0, 0.05) is 18.8 Å². The number of nitrogens with one attached hydrogen (secondary N) is 1. The molecule has 0 saturated carbocycles. The molecular weight excluding hydrogens is 76.1 g/mol. The summed E-state index contributed by atoms with van der Waals surface area (Å²) in [7, 11) is 0. The highest BCUT2D eigenvalue weighted by atomic mass is 14.9. The third-order valence-corrected chi connectivity index (χ3v) is 0.838. The lowest BCUT2D eigenvalue weighted by Crippen LogP contribution is -2.10. The fourth-order valence-corrected chi connectivity index (χ4v) is 0.492. The zero-order chi connectivity index (χ0) is 4.41. The quantitative estimate of drug-likeness (QED) is 0.412. The van der Waals surface area contributed by atoms with E-state index < -0.39 is 0 Å². The standard InChI is InChI=1S/C4H8N2/c5-4-1-2-6-3-4/h1,6H,2-3,5H2. The maximum atomic E-state index is 5.33. The van der Waals surface area contributed by atoms with Crippen LogP contribution in [0.25, 0.3) is 0 Å². The van der Waals surface area contributed by atoms with Crippen molar-refractivity contribution < 1.29 is 0 Å². The van der Waals surface area contributed by atoms with E-state index in [2.05, 4.69) is 5.32 Å². The van der Waals surface area contributed by atoms with Crippen LogP contribution in [0.1, 0.15) is 0 Å². The largest absolute Gasteiger partial charge is 0.401 e. The van der Waals surface area contributed by atoms with E-state index >= 15 is 0 Å². The molecule has 0 saturated heterocycles. The molecule has 0 unspecified atom stereocenters. The smallest absolute Gasteiger partial charge is 0.0351 e. The van der Waals surface area contributed by atoms with Crippen LogP contribution in [0.2, 0.25) is 0 Å². The van der Waals surface area contributed by atoms with Gasteiger partial charge in [0.25, 0.3) is 0 Å². The fraction of sp³-hybridized carbons (Fsp3) is 0.500. The fourth-order valence-electron chi connectivity index (χ4n) is 0.492. The van der Waals surface area contributed by atoms with Crippen molar-refractivity contribution in [1.29, 1.82) is 0 Å². The summed E-state index contributed by atoms with van der Waals surface area (Å²) in [6.45, 7) is 1.83. The molecule has 0 aromatic carbocycles. The normalized spacial score (nSPS) is 21.0. The number of hydrogen-bond donors (Lipinski definition) is 2.